The highest BCUT2D eigenvalue weighted by molar-refractivity contribution is 6.01. The molecule has 1 aromatic rings. The summed E-state index contributed by atoms with van der Waals surface area (Å²) in [6.45, 7) is 8.06. The average Bonchev–Trinajstić information content (AvgIpc) is 3.06. The number of ketones is 1. The van der Waals surface area contributed by atoms with Crippen LogP contribution in [0.1, 0.15) is 65.4 Å². The summed E-state index contributed by atoms with van der Waals surface area (Å²) in [6.07, 6.45) is 7.94. The van der Waals surface area contributed by atoms with E-state index in [1.165, 1.54) is 0 Å². The van der Waals surface area contributed by atoms with Gasteiger partial charge in [-0.25, -0.2) is 0 Å². The molecular weight excluding hydrogens is 426 g/mol. The van der Waals surface area contributed by atoms with Crippen LogP contribution in [-0.4, -0.2) is 33.6 Å². The first-order valence-corrected chi connectivity index (χ1v) is 12.7. The number of nitrogens with one attached hydrogen (secondary N) is 1. The van der Waals surface area contributed by atoms with E-state index in [-0.39, 0.29) is 34.9 Å². The van der Waals surface area contributed by atoms with Crippen molar-refractivity contribution in [2.45, 2.75) is 77.0 Å². The molecule has 3 saturated carbocycles. The largest absolute Gasteiger partial charge is 0.393 e. The lowest BCUT2D eigenvalue weighted by molar-refractivity contribution is -0.179. The minimum absolute atomic E-state index is 0.0129. The Morgan fingerprint density at radius 1 is 1.15 bits per heavy atom. The molecular formula is C29H37NO4. The van der Waals surface area contributed by atoms with E-state index >= 15 is 0 Å². The third-order valence-corrected chi connectivity index (χ3v) is 9.94. The van der Waals surface area contributed by atoms with E-state index in [0.29, 0.717) is 12.8 Å². The van der Waals surface area contributed by atoms with E-state index < -0.39 is 22.7 Å². The number of allylic oxidation sites excluding steroid dienone is 4. The van der Waals surface area contributed by atoms with Crippen LogP contribution in [-0.2, 0) is 15.1 Å². The Hall–Kier alpha value is -2.24. The van der Waals surface area contributed by atoms with Crippen LogP contribution in [0.25, 0.3) is 0 Å². The summed E-state index contributed by atoms with van der Waals surface area (Å²) < 4.78 is 0. The van der Waals surface area contributed by atoms with Crippen molar-refractivity contribution >= 4 is 11.7 Å². The summed E-state index contributed by atoms with van der Waals surface area (Å²) in [7, 11) is 0. The molecule has 0 heterocycles. The SMILES string of the molecule is CC(C)(NC(=O)[C@@]1(O)CCC2C3CCC4=CC(=O)C=CC4(C)C3[C@@H](O)CC21C)c1ccccc1. The number of aliphatic hydroxyl groups is 2. The Labute approximate surface area is 202 Å². The zero-order chi connectivity index (χ0) is 24.5. The Balaban J connectivity index is 1.44. The summed E-state index contributed by atoms with van der Waals surface area (Å²) in [5.74, 6) is -0.00327. The molecule has 5 rings (SSSR count). The van der Waals surface area contributed by atoms with Gasteiger partial charge < -0.3 is 15.5 Å². The number of hydrogen-bond acceptors (Lipinski definition) is 4. The monoisotopic (exact) mass is 463 g/mol. The highest BCUT2D eigenvalue weighted by Crippen LogP contribution is 2.67. The molecule has 0 aliphatic heterocycles. The van der Waals surface area contributed by atoms with E-state index in [1.807, 2.05) is 57.2 Å². The molecule has 5 unspecified atom stereocenters. The number of hydrogen-bond donors (Lipinski definition) is 3. The number of benzene rings is 1. The van der Waals surface area contributed by atoms with Gasteiger partial charge in [-0.05, 0) is 75.5 Å². The van der Waals surface area contributed by atoms with Crippen molar-refractivity contribution in [2.75, 3.05) is 0 Å². The van der Waals surface area contributed by atoms with Gasteiger partial charge in [-0.2, -0.15) is 0 Å². The van der Waals surface area contributed by atoms with E-state index in [1.54, 1.807) is 12.2 Å². The predicted molar refractivity (Wildman–Crippen MR) is 131 cm³/mol. The van der Waals surface area contributed by atoms with Crippen LogP contribution in [0.3, 0.4) is 0 Å². The second-order valence-electron chi connectivity index (χ2n) is 12.1. The fourth-order valence-electron chi connectivity index (χ4n) is 8.02. The summed E-state index contributed by atoms with van der Waals surface area (Å²) in [6, 6.07) is 9.80. The zero-order valence-corrected chi connectivity index (χ0v) is 20.7. The predicted octanol–water partition coefficient (Wildman–Crippen LogP) is 4.05. The number of amides is 1. The number of aliphatic hydroxyl groups excluding tert-OH is 1. The number of carbonyl (C=O) groups excluding carboxylic acids is 2. The fraction of sp³-hybridized carbons (Fsp3) is 0.586. The molecule has 5 heteroatoms. The molecule has 7 atom stereocenters. The van der Waals surface area contributed by atoms with Gasteiger partial charge in [0, 0.05) is 16.7 Å². The van der Waals surface area contributed by atoms with Gasteiger partial charge in [0.1, 0.15) is 5.60 Å². The van der Waals surface area contributed by atoms with Crippen molar-refractivity contribution in [1.29, 1.82) is 0 Å². The van der Waals surface area contributed by atoms with Gasteiger partial charge in [0.15, 0.2) is 5.78 Å². The van der Waals surface area contributed by atoms with Gasteiger partial charge in [-0.1, -0.05) is 55.8 Å². The van der Waals surface area contributed by atoms with Crippen molar-refractivity contribution in [3.8, 4) is 0 Å². The van der Waals surface area contributed by atoms with Gasteiger partial charge >= 0.3 is 0 Å². The Kier molecular flexibility index (Phi) is 5.27. The van der Waals surface area contributed by atoms with Gasteiger partial charge in [0.05, 0.1) is 11.6 Å². The van der Waals surface area contributed by atoms with Crippen molar-refractivity contribution in [1.82, 2.24) is 5.32 Å². The van der Waals surface area contributed by atoms with Gasteiger partial charge in [0.25, 0.3) is 5.91 Å². The molecule has 34 heavy (non-hydrogen) atoms. The van der Waals surface area contributed by atoms with Crippen LogP contribution in [0.5, 0.6) is 0 Å². The summed E-state index contributed by atoms with van der Waals surface area (Å²) in [4.78, 5) is 25.7. The standard InChI is InChI=1S/C29H37NO4/c1-26(2,18-8-6-5-7-9-18)30-25(33)29(34)15-13-22-21-11-10-19-16-20(31)12-14-27(19,3)24(21)23(32)17-28(22,29)4/h5-9,12,14,16,21-24,32,34H,10-11,13,15,17H2,1-4H3,(H,30,33)/t21?,22?,23-,24?,27?,28?,29-/m0/s1. The van der Waals surface area contributed by atoms with Crippen molar-refractivity contribution < 1.29 is 19.8 Å². The molecule has 1 amide bonds. The number of carbonyl (C=O) groups is 2. The molecule has 3 fully saturated rings. The lowest BCUT2D eigenvalue weighted by atomic mass is 9.46. The molecule has 5 nitrogen and oxygen atoms in total. The maximum absolute atomic E-state index is 13.7. The van der Waals surface area contributed by atoms with E-state index in [9.17, 15) is 19.8 Å². The molecule has 0 radical (unpaired) electrons. The number of fused-ring (bicyclic) bond motifs is 5. The normalized spacial score (nSPS) is 41.2. The minimum Gasteiger partial charge on any atom is -0.393 e. The van der Waals surface area contributed by atoms with Crippen LogP contribution in [0.15, 0.2) is 54.1 Å². The Bertz CT molecular complexity index is 1070. The third-order valence-electron chi connectivity index (χ3n) is 9.94. The molecule has 182 valence electrons. The third kappa shape index (κ3) is 3.20. The second kappa shape index (κ2) is 7.63. The molecule has 4 aliphatic rings. The lowest BCUT2D eigenvalue weighted by Crippen LogP contribution is -2.64. The molecule has 0 saturated heterocycles. The fourth-order valence-corrected chi connectivity index (χ4v) is 8.02. The summed E-state index contributed by atoms with van der Waals surface area (Å²) >= 11 is 0. The molecule has 1 aromatic carbocycles. The summed E-state index contributed by atoms with van der Waals surface area (Å²) in [5, 5.41) is 26.6. The topological polar surface area (TPSA) is 86.6 Å². The number of rotatable bonds is 3. The first-order valence-electron chi connectivity index (χ1n) is 12.7. The smallest absolute Gasteiger partial charge is 0.253 e. The van der Waals surface area contributed by atoms with Crippen LogP contribution in [0, 0.1) is 28.6 Å². The summed E-state index contributed by atoms with van der Waals surface area (Å²) in [5.41, 5.74) is -1.14. The van der Waals surface area contributed by atoms with Crippen molar-refractivity contribution in [3.63, 3.8) is 0 Å². The second-order valence-corrected chi connectivity index (χ2v) is 12.1. The van der Waals surface area contributed by atoms with Crippen molar-refractivity contribution in [2.24, 2.45) is 28.6 Å². The molecule has 3 N–H and O–H groups in total. The van der Waals surface area contributed by atoms with E-state index in [2.05, 4.69) is 12.2 Å². The molecule has 0 spiro atoms. The molecule has 4 aliphatic carbocycles. The van der Waals surface area contributed by atoms with Gasteiger partial charge in [-0.3, -0.25) is 9.59 Å². The first-order chi connectivity index (χ1) is 15.9. The Morgan fingerprint density at radius 3 is 2.56 bits per heavy atom. The van der Waals surface area contributed by atoms with Gasteiger partial charge in [0.2, 0.25) is 0 Å². The van der Waals surface area contributed by atoms with E-state index in [4.69, 9.17) is 0 Å². The lowest BCUT2D eigenvalue weighted by Gasteiger charge is -2.59. The maximum atomic E-state index is 13.7. The van der Waals surface area contributed by atoms with E-state index in [0.717, 1.165) is 30.4 Å². The highest BCUT2D eigenvalue weighted by Gasteiger charge is 2.68. The minimum atomic E-state index is -1.54. The first kappa shape index (κ1) is 23.5. The van der Waals surface area contributed by atoms with Crippen LogP contribution in [0.4, 0.5) is 0 Å². The Morgan fingerprint density at radius 2 is 1.85 bits per heavy atom. The highest BCUT2D eigenvalue weighted by atomic mass is 16.3. The van der Waals surface area contributed by atoms with Crippen LogP contribution in [0.2, 0.25) is 0 Å². The quantitative estimate of drug-likeness (QED) is 0.631. The van der Waals surface area contributed by atoms with Gasteiger partial charge in [-0.15, -0.1) is 0 Å². The maximum Gasteiger partial charge on any atom is 0.253 e. The van der Waals surface area contributed by atoms with Crippen molar-refractivity contribution in [3.05, 3.63) is 59.7 Å². The zero-order valence-electron chi connectivity index (χ0n) is 20.7. The molecule has 0 bridgehead atoms. The molecule has 0 aromatic heterocycles. The van der Waals surface area contributed by atoms with Crippen LogP contribution >= 0.6 is 0 Å². The average molecular weight is 464 g/mol. The van der Waals surface area contributed by atoms with Crippen LogP contribution < -0.4 is 5.32 Å².